The van der Waals surface area contributed by atoms with Gasteiger partial charge in [-0.25, -0.2) is 0 Å². The van der Waals surface area contributed by atoms with Gasteiger partial charge in [0.25, 0.3) is 0 Å². The molecule has 0 bridgehead atoms. The Balaban J connectivity index is 2.25. The highest BCUT2D eigenvalue weighted by molar-refractivity contribution is 5.83. The van der Waals surface area contributed by atoms with E-state index in [1.165, 1.54) is 0 Å². The fraction of sp³-hybridized carbons (Fsp3) is 0.714. The first-order chi connectivity index (χ1) is 8.06. The van der Waals surface area contributed by atoms with Gasteiger partial charge in [-0.3, -0.25) is 4.79 Å². The van der Waals surface area contributed by atoms with Crippen molar-refractivity contribution < 1.29 is 9.59 Å². The number of ketones is 1. The van der Waals surface area contributed by atoms with Crippen LogP contribution in [-0.4, -0.2) is 23.1 Å². The second kappa shape index (κ2) is 6.58. The summed E-state index contributed by atoms with van der Waals surface area (Å²) in [6.45, 7) is 8.40. The van der Waals surface area contributed by atoms with E-state index in [2.05, 4.69) is 6.58 Å². The predicted octanol–water partition coefficient (Wildman–Crippen LogP) is 2.91. The third kappa shape index (κ3) is 3.99. The van der Waals surface area contributed by atoms with Crippen LogP contribution in [0, 0.1) is 5.92 Å². The molecular formula is C14H23NO2. The van der Waals surface area contributed by atoms with E-state index in [1.807, 2.05) is 11.8 Å². The molecule has 0 aliphatic carbocycles. The number of hydrogen-bond donors (Lipinski definition) is 0. The maximum Gasteiger partial charge on any atom is 0.230 e. The predicted molar refractivity (Wildman–Crippen MR) is 68.4 cm³/mol. The van der Waals surface area contributed by atoms with Crippen molar-refractivity contribution in [3.8, 4) is 0 Å². The molecule has 0 radical (unpaired) electrons. The summed E-state index contributed by atoms with van der Waals surface area (Å²) < 4.78 is 0. The molecule has 0 spiro atoms. The SMILES string of the molecule is C=C1CC(CC)C(=O)N1CCCCCC(C)=O. The summed E-state index contributed by atoms with van der Waals surface area (Å²) in [5.74, 6) is 0.640. The number of rotatable bonds is 7. The molecule has 0 saturated carbocycles. The van der Waals surface area contributed by atoms with E-state index in [4.69, 9.17) is 0 Å². The third-order valence-corrected chi connectivity index (χ3v) is 3.38. The third-order valence-electron chi connectivity index (χ3n) is 3.38. The van der Waals surface area contributed by atoms with Crippen LogP contribution in [-0.2, 0) is 9.59 Å². The van der Waals surface area contributed by atoms with Gasteiger partial charge in [0.05, 0.1) is 0 Å². The van der Waals surface area contributed by atoms with Gasteiger partial charge in [-0.05, 0) is 32.6 Å². The van der Waals surface area contributed by atoms with Gasteiger partial charge in [-0.15, -0.1) is 0 Å². The molecule has 0 aromatic carbocycles. The Labute approximate surface area is 104 Å². The van der Waals surface area contributed by atoms with E-state index in [-0.39, 0.29) is 17.6 Å². The van der Waals surface area contributed by atoms with Crippen molar-refractivity contribution in [1.82, 2.24) is 4.90 Å². The van der Waals surface area contributed by atoms with Gasteiger partial charge in [0, 0.05) is 24.6 Å². The standard InChI is InChI=1S/C14H23NO2/c1-4-13-10-11(2)15(14(13)17)9-7-5-6-8-12(3)16/h13H,2,4-10H2,1,3H3. The molecule has 1 rings (SSSR count). The van der Waals surface area contributed by atoms with Gasteiger partial charge in [0.15, 0.2) is 0 Å². The fourth-order valence-corrected chi connectivity index (χ4v) is 2.27. The number of hydrogen-bond acceptors (Lipinski definition) is 2. The maximum absolute atomic E-state index is 11.9. The van der Waals surface area contributed by atoms with E-state index in [0.29, 0.717) is 6.42 Å². The molecule has 3 heteroatoms. The minimum absolute atomic E-state index is 0.153. The molecule has 1 aliphatic heterocycles. The number of likely N-dealkylation sites (tertiary alicyclic amines) is 1. The lowest BCUT2D eigenvalue weighted by molar-refractivity contribution is -0.130. The van der Waals surface area contributed by atoms with Crippen LogP contribution < -0.4 is 0 Å². The molecule has 1 amide bonds. The average Bonchev–Trinajstić information content (AvgIpc) is 2.54. The molecule has 0 aromatic heterocycles. The first-order valence-electron chi connectivity index (χ1n) is 6.54. The van der Waals surface area contributed by atoms with Crippen LogP contribution in [0.1, 0.15) is 52.4 Å². The molecule has 0 aromatic rings. The van der Waals surface area contributed by atoms with Crippen molar-refractivity contribution >= 4 is 11.7 Å². The van der Waals surface area contributed by atoms with E-state index < -0.39 is 0 Å². The zero-order valence-corrected chi connectivity index (χ0v) is 11.0. The van der Waals surface area contributed by atoms with Crippen LogP contribution in [0.25, 0.3) is 0 Å². The number of nitrogens with zero attached hydrogens (tertiary/aromatic N) is 1. The van der Waals surface area contributed by atoms with Gasteiger partial charge in [0.1, 0.15) is 5.78 Å². The molecule has 1 heterocycles. The van der Waals surface area contributed by atoms with Gasteiger partial charge in [-0.2, -0.15) is 0 Å². The quantitative estimate of drug-likeness (QED) is 0.638. The van der Waals surface area contributed by atoms with Crippen molar-refractivity contribution in [3.05, 3.63) is 12.3 Å². The summed E-state index contributed by atoms with van der Waals surface area (Å²) in [6, 6.07) is 0. The Hall–Kier alpha value is -1.12. The van der Waals surface area contributed by atoms with Gasteiger partial charge in [0.2, 0.25) is 5.91 Å². The lowest BCUT2D eigenvalue weighted by Crippen LogP contribution is -2.27. The molecule has 96 valence electrons. The van der Waals surface area contributed by atoms with Crippen LogP contribution in [0.2, 0.25) is 0 Å². The lowest BCUT2D eigenvalue weighted by Gasteiger charge is -2.17. The molecule has 3 nitrogen and oxygen atoms in total. The molecule has 0 N–H and O–H groups in total. The highest BCUT2D eigenvalue weighted by atomic mass is 16.2. The number of amides is 1. The second-order valence-electron chi connectivity index (χ2n) is 4.88. The minimum atomic E-state index is 0.153. The molecule has 1 unspecified atom stereocenters. The molecule has 17 heavy (non-hydrogen) atoms. The Kier molecular flexibility index (Phi) is 5.39. The van der Waals surface area contributed by atoms with E-state index in [1.54, 1.807) is 6.92 Å². The van der Waals surface area contributed by atoms with E-state index in [0.717, 1.165) is 44.3 Å². The zero-order valence-electron chi connectivity index (χ0n) is 11.0. The van der Waals surface area contributed by atoms with Gasteiger partial charge in [-0.1, -0.05) is 19.9 Å². The number of unbranched alkanes of at least 4 members (excludes halogenated alkanes) is 2. The van der Waals surface area contributed by atoms with Crippen molar-refractivity contribution in [2.24, 2.45) is 5.92 Å². The van der Waals surface area contributed by atoms with Crippen LogP contribution in [0.4, 0.5) is 0 Å². The summed E-state index contributed by atoms with van der Waals surface area (Å²) in [5, 5.41) is 0. The van der Waals surface area contributed by atoms with Crippen LogP contribution >= 0.6 is 0 Å². The Morgan fingerprint density at radius 3 is 2.65 bits per heavy atom. The summed E-state index contributed by atoms with van der Waals surface area (Å²) >= 11 is 0. The van der Waals surface area contributed by atoms with Crippen LogP contribution in [0.5, 0.6) is 0 Å². The Morgan fingerprint density at radius 1 is 1.41 bits per heavy atom. The summed E-state index contributed by atoms with van der Waals surface area (Å²) in [7, 11) is 0. The number of allylic oxidation sites excluding steroid dienone is 1. The monoisotopic (exact) mass is 237 g/mol. The first-order valence-corrected chi connectivity index (χ1v) is 6.54. The Morgan fingerprint density at radius 2 is 2.12 bits per heavy atom. The Bertz CT molecular complexity index is 309. The number of carbonyl (C=O) groups is 2. The van der Waals surface area contributed by atoms with Crippen LogP contribution in [0.3, 0.4) is 0 Å². The fourth-order valence-electron chi connectivity index (χ4n) is 2.27. The number of carbonyl (C=O) groups excluding carboxylic acids is 2. The van der Waals surface area contributed by atoms with Crippen molar-refractivity contribution in [2.75, 3.05) is 6.54 Å². The highest BCUT2D eigenvalue weighted by Gasteiger charge is 2.32. The largest absolute Gasteiger partial charge is 0.317 e. The molecule has 1 saturated heterocycles. The van der Waals surface area contributed by atoms with Crippen molar-refractivity contribution in [1.29, 1.82) is 0 Å². The van der Waals surface area contributed by atoms with Crippen molar-refractivity contribution in [3.63, 3.8) is 0 Å². The normalized spacial score (nSPS) is 20.1. The molecule has 1 aliphatic rings. The van der Waals surface area contributed by atoms with Crippen molar-refractivity contribution in [2.45, 2.75) is 52.4 Å². The summed E-state index contributed by atoms with van der Waals surface area (Å²) in [6.07, 6.45) is 5.29. The zero-order chi connectivity index (χ0) is 12.8. The number of Topliss-reactive ketones (excluding diaryl/α,β-unsaturated/α-hetero) is 1. The molecule has 1 atom stereocenters. The molecule has 1 fully saturated rings. The smallest absolute Gasteiger partial charge is 0.230 e. The van der Waals surface area contributed by atoms with E-state index in [9.17, 15) is 9.59 Å². The topological polar surface area (TPSA) is 37.4 Å². The van der Waals surface area contributed by atoms with Gasteiger partial charge >= 0.3 is 0 Å². The summed E-state index contributed by atoms with van der Waals surface area (Å²) in [4.78, 5) is 24.5. The molecular weight excluding hydrogens is 214 g/mol. The minimum Gasteiger partial charge on any atom is -0.317 e. The van der Waals surface area contributed by atoms with Crippen LogP contribution in [0.15, 0.2) is 12.3 Å². The maximum atomic E-state index is 11.9. The second-order valence-corrected chi connectivity index (χ2v) is 4.88. The van der Waals surface area contributed by atoms with Gasteiger partial charge < -0.3 is 9.69 Å². The summed E-state index contributed by atoms with van der Waals surface area (Å²) in [5.41, 5.74) is 0.966. The van der Waals surface area contributed by atoms with E-state index >= 15 is 0 Å². The first kappa shape index (κ1) is 13.9. The lowest BCUT2D eigenvalue weighted by atomic mass is 10.1. The average molecular weight is 237 g/mol. The highest BCUT2D eigenvalue weighted by Crippen LogP contribution is 2.29.